The number of hydrogen-bond donors (Lipinski definition) is 0. The van der Waals surface area contributed by atoms with Gasteiger partial charge in [-0.1, -0.05) is 32.6 Å². The van der Waals surface area contributed by atoms with Gasteiger partial charge in [-0.25, -0.2) is 0 Å². The first kappa shape index (κ1) is 19.9. The molecule has 0 saturated carbocycles. The number of hydrogen-bond acceptors (Lipinski definition) is 3. The molecule has 0 unspecified atom stereocenters. The number of nitrogens with zero attached hydrogens (tertiary/aromatic N) is 3. The highest BCUT2D eigenvalue weighted by Crippen LogP contribution is 2.60. The van der Waals surface area contributed by atoms with Crippen molar-refractivity contribution in [1.29, 1.82) is 15.8 Å². The SMILES string of the molecule is CCCCCCCC[P+](CCC#N)(CCC#N)CCC#N. The van der Waals surface area contributed by atoms with E-state index in [0.717, 1.165) is 18.5 Å². The predicted molar refractivity (Wildman–Crippen MR) is 90.5 cm³/mol. The van der Waals surface area contributed by atoms with Crippen LogP contribution in [0, 0.1) is 34.0 Å². The standard InChI is InChI=1S/C17H29N3P/c1-2-3-4-5-6-7-14-21(15-8-11-18,16-9-12-19)17-10-13-20/h2-10,14-17H2,1H3/q+1. The van der Waals surface area contributed by atoms with E-state index >= 15 is 0 Å². The third kappa shape index (κ3) is 10.3. The molecule has 21 heavy (non-hydrogen) atoms. The first-order valence-electron chi connectivity index (χ1n) is 8.20. The van der Waals surface area contributed by atoms with Gasteiger partial charge in [0.15, 0.2) is 0 Å². The number of rotatable bonds is 13. The summed E-state index contributed by atoms with van der Waals surface area (Å²) < 4.78 is 0. The molecule has 0 aromatic carbocycles. The average Bonchev–Trinajstić information content (AvgIpc) is 2.51. The Kier molecular flexibility index (Phi) is 13.1. The Morgan fingerprint density at radius 2 is 1.05 bits per heavy atom. The van der Waals surface area contributed by atoms with Gasteiger partial charge in [-0.3, -0.25) is 0 Å². The minimum absolute atomic E-state index is 0.584. The summed E-state index contributed by atoms with van der Waals surface area (Å²) in [5.74, 6) is 0. The molecular formula is C17H29N3P+. The summed E-state index contributed by atoms with van der Waals surface area (Å²) in [5, 5.41) is 26.7. The molecule has 0 bridgehead atoms. The van der Waals surface area contributed by atoms with Gasteiger partial charge in [0.2, 0.25) is 0 Å². The molecular weight excluding hydrogens is 277 g/mol. The van der Waals surface area contributed by atoms with Gasteiger partial charge in [-0.15, -0.1) is 0 Å². The lowest BCUT2D eigenvalue weighted by atomic mass is 10.1. The van der Waals surface area contributed by atoms with Gasteiger partial charge in [0.1, 0.15) is 0 Å². The van der Waals surface area contributed by atoms with E-state index in [9.17, 15) is 0 Å². The van der Waals surface area contributed by atoms with E-state index in [2.05, 4.69) is 25.1 Å². The molecule has 0 saturated heterocycles. The molecule has 4 heteroatoms. The summed E-state index contributed by atoms with van der Waals surface area (Å²) in [7, 11) is -1.27. The Bertz CT molecular complexity index is 327. The first-order valence-corrected chi connectivity index (χ1v) is 10.7. The van der Waals surface area contributed by atoms with Gasteiger partial charge in [0.05, 0.1) is 62.1 Å². The van der Waals surface area contributed by atoms with E-state index < -0.39 is 7.26 Å². The van der Waals surface area contributed by atoms with E-state index in [4.69, 9.17) is 15.8 Å². The third-order valence-electron chi connectivity index (χ3n) is 4.08. The summed E-state index contributed by atoms with van der Waals surface area (Å²) in [5.41, 5.74) is 0. The second-order valence-electron chi connectivity index (χ2n) is 5.73. The van der Waals surface area contributed by atoms with Crippen LogP contribution >= 0.6 is 7.26 Å². The average molecular weight is 306 g/mol. The van der Waals surface area contributed by atoms with Gasteiger partial charge in [0, 0.05) is 7.26 Å². The van der Waals surface area contributed by atoms with Crippen molar-refractivity contribution < 1.29 is 0 Å². The van der Waals surface area contributed by atoms with Gasteiger partial charge >= 0.3 is 0 Å². The fourth-order valence-corrected chi connectivity index (χ4v) is 6.72. The van der Waals surface area contributed by atoms with E-state index in [0.29, 0.717) is 19.3 Å². The van der Waals surface area contributed by atoms with Crippen LogP contribution in [0.25, 0.3) is 0 Å². The van der Waals surface area contributed by atoms with E-state index in [1.165, 1.54) is 44.7 Å². The van der Waals surface area contributed by atoms with Crippen LogP contribution in [0.15, 0.2) is 0 Å². The van der Waals surface area contributed by atoms with Crippen LogP contribution in [0.2, 0.25) is 0 Å². The molecule has 0 aliphatic rings. The van der Waals surface area contributed by atoms with Crippen LogP contribution in [-0.4, -0.2) is 24.6 Å². The van der Waals surface area contributed by atoms with E-state index in [1.807, 2.05) is 0 Å². The number of nitriles is 3. The van der Waals surface area contributed by atoms with Crippen LogP contribution in [0.4, 0.5) is 0 Å². The Morgan fingerprint density at radius 1 is 0.619 bits per heavy atom. The maximum atomic E-state index is 8.89. The minimum atomic E-state index is -1.27. The Balaban J connectivity index is 4.40. The highest BCUT2D eigenvalue weighted by molar-refractivity contribution is 7.75. The second-order valence-corrected chi connectivity index (χ2v) is 10.2. The molecule has 0 aromatic heterocycles. The molecule has 0 atom stereocenters. The highest BCUT2D eigenvalue weighted by Gasteiger charge is 2.35. The Labute approximate surface area is 131 Å². The Hall–Kier alpha value is -1.10. The molecule has 0 aromatic rings. The van der Waals surface area contributed by atoms with Crippen LogP contribution in [0.3, 0.4) is 0 Å². The van der Waals surface area contributed by atoms with E-state index in [-0.39, 0.29) is 0 Å². The topological polar surface area (TPSA) is 71.4 Å². The molecule has 0 spiro atoms. The summed E-state index contributed by atoms with van der Waals surface area (Å²) in [6.07, 6.45) is 13.4. The molecule has 0 aliphatic heterocycles. The molecule has 0 rings (SSSR count). The number of unbranched alkanes of at least 4 members (excludes halogenated alkanes) is 5. The minimum Gasteiger partial charge on any atom is -0.198 e. The molecule has 116 valence electrons. The highest BCUT2D eigenvalue weighted by atomic mass is 31.2. The van der Waals surface area contributed by atoms with Crippen LogP contribution in [-0.2, 0) is 0 Å². The predicted octanol–water partition coefficient (Wildman–Crippen LogP) is 5.11. The zero-order valence-corrected chi connectivity index (χ0v) is 14.4. The first-order chi connectivity index (χ1) is 10.2. The van der Waals surface area contributed by atoms with Crippen molar-refractivity contribution in [3.8, 4) is 18.2 Å². The van der Waals surface area contributed by atoms with E-state index in [1.54, 1.807) is 0 Å². The van der Waals surface area contributed by atoms with Crippen molar-refractivity contribution in [2.45, 2.75) is 64.7 Å². The smallest absolute Gasteiger partial charge is 0.0725 e. The lowest BCUT2D eigenvalue weighted by molar-refractivity contribution is 0.625. The maximum Gasteiger partial charge on any atom is 0.0725 e. The third-order valence-corrected chi connectivity index (χ3v) is 8.86. The van der Waals surface area contributed by atoms with Gasteiger partial charge in [0.25, 0.3) is 0 Å². The zero-order valence-electron chi connectivity index (χ0n) is 13.5. The van der Waals surface area contributed by atoms with Crippen molar-refractivity contribution in [3.63, 3.8) is 0 Å². The van der Waals surface area contributed by atoms with Crippen LogP contribution in [0.5, 0.6) is 0 Å². The summed E-state index contributed by atoms with van der Waals surface area (Å²) in [6, 6.07) is 6.77. The zero-order chi connectivity index (χ0) is 15.8. The summed E-state index contributed by atoms with van der Waals surface area (Å²) >= 11 is 0. The molecule has 0 aliphatic carbocycles. The largest absolute Gasteiger partial charge is 0.198 e. The maximum absolute atomic E-state index is 8.89. The molecule has 0 N–H and O–H groups in total. The fourth-order valence-electron chi connectivity index (χ4n) is 2.76. The van der Waals surface area contributed by atoms with Crippen LogP contribution < -0.4 is 0 Å². The monoisotopic (exact) mass is 306 g/mol. The van der Waals surface area contributed by atoms with Gasteiger partial charge in [-0.2, -0.15) is 15.8 Å². The lowest BCUT2D eigenvalue weighted by Crippen LogP contribution is -2.12. The van der Waals surface area contributed by atoms with Crippen molar-refractivity contribution in [2.75, 3.05) is 24.6 Å². The molecule has 0 radical (unpaired) electrons. The van der Waals surface area contributed by atoms with Crippen molar-refractivity contribution in [3.05, 3.63) is 0 Å². The quantitative estimate of drug-likeness (QED) is 0.351. The fraction of sp³-hybridized carbons (Fsp3) is 0.824. The van der Waals surface area contributed by atoms with Crippen molar-refractivity contribution in [2.24, 2.45) is 0 Å². The molecule has 3 nitrogen and oxygen atoms in total. The van der Waals surface area contributed by atoms with Gasteiger partial charge < -0.3 is 0 Å². The molecule has 0 heterocycles. The van der Waals surface area contributed by atoms with Crippen LogP contribution in [0.1, 0.15) is 64.7 Å². The normalized spacial score (nSPS) is 10.6. The lowest BCUT2D eigenvalue weighted by Gasteiger charge is -2.25. The summed E-state index contributed by atoms with van der Waals surface area (Å²) in [6.45, 7) is 2.22. The van der Waals surface area contributed by atoms with Gasteiger partial charge in [-0.05, 0) is 12.8 Å². The van der Waals surface area contributed by atoms with Crippen molar-refractivity contribution >= 4 is 7.26 Å². The second kappa shape index (κ2) is 13.9. The molecule has 0 fully saturated rings. The summed E-state index contributed by atoms with van der Waals surface area (Å²) in [4.78, 5) is 0. The van der Waals surface area contributed by atoms with Crippen molar-refractivity contribution in [1.82, 2.24) is 0 Å². The molecule has 0 amide bonds. The Morgan fingerprint density at radius 3 is 1.48 bits per heavy atom.